The van der Waals surface area contributed by atoms with Crippen LogP contribution in [0.5, 0.6) is 5.75 Å². The van der Waals surface area contributed by atoms with E-state index in [1.54, 1.807) is 24.3 Å². The lowest BCUT2D eigenvalue weighted by Gasteiger charge is -2.19. The molecule has 1 heterocycles. The molecular formula is C16H17N3O2. The molecule has 2 aromatic rings. The smallest absolute Gasteiger partial charge is 0.251 e. The summed E-state index contributed by atoms with van der Waals surface area (Å²) in [7, 11) is 0. The van der Waals surface area contributed by atoms with Crippen LogP contribution < -0.4 is 16.0 Å². The maximum atomic E-state index is 12.2. The van der Waals surface area contributed by atoms with Gasteiger partial charge >= 0.3 is 0 Å². The van der Waals surface area contributed by atoms with E-state index >= 15 is 0 Å². The van der Waals surface area contributed by atoms with Crippen molar-refractivity contribution in [2.45, 2.75) is 13.1 Å². The van der Waals surface area contributed by atoms with Crippen molar-refractivity contribution in [3.63, 3.8) is 0 Å². The van der Waals surface area contributed by atoms with Gasteiger partial charge in [-0.15, -0.1) is 0 Å². The molecule has 5 heteroatoms. The van der Waals surface area contributed by atoms with Crippen LogP contribution in [0.15, 0.2) is 42.5 Å². The van der Waals surface area contributed by atoms with Crippen LogP contribution in [0.4, 0.5) is 5.69 Å². The molecule has 0 unspecified atom stereocenters. The van der Waals surface area contributed by atoms with Gasteiger partial charge in [0.1, 0.15) is 5.75 Å². The van der Waals surface area contributed by atoms with Crippen molar-refractivity contribution in [1.82, 2.24) is 10.6 Å². The lowest BCUT2D eigenvalue weighted by atomic mass is 10.1. The monoisotopic (exact) mass is 283 g/mol. The Hall–Kier alpha value is -2.53. The molecule has 108 valence electrons. The number of hydrogen-bond acceptors (Lipinski definition) is 4. The maximum absolute atomic E-state index is 12.2. The molecule has 0 saturated carbocycles. The van der Waals surface area contributed by atoms with Gasteiger partial charge in [-0.2, -0.15) is 0 Å². The summed E-state index contributed by atoms with van der Waals surface area (Å²) in [6, 6.07) is 12.5. The van der Waals surface area contributed by atoms with Gasteiger partial charge in [0.15, 0.2) is 0 Å². The van der Waals surface area contributed by atoms with Crippen LogP contribution in [-0.2, 0) is 13.1 Å². The molecule has 0 atom stereocenters. The van der Waals surface area contributed by atoms with Crippen LogP contribution in [0.1, 0.15) is 21.5 Å². The van der Waals surface area contributed by atoms with E-state index in [0.717, 1.165) is 30.0 Å². The van der Waals surface area contributed by atoms with Crippen LogP contribution in [0.2, 0.25) is 0 Å². The normalized spacial score (nSPS) is 13.1. The van der Waals surface area contributed by atoms with Gasteiger partial charge in [0.2, 0.25) is 0 Å². The topological polar surface area (TPSA) is 73.4 Å². The number of phenols is 1. The molecule has 1 amide bonds. The molecule has 0 spiro atoms. The number of carbonyl (C=O) groups is 1. The minimum Gasteiger partial charge on any atom is -0.508 e. The second-order valence-electron chi connectivity index (χ2n) is 5.00. The summed E-state index contributed by atoms with van der Waals surface area (Å²) in [6.45, 7) is 1.95. The van der Waals surface area contributed by atoms with Crippen molar-refractivity contribution in [2.75, 3.05) is 12.0 Å². The fraction of sp³-hybridized carbons (Fsp3) is 0.188. The molecule has 3 rings (SSSR count). The number of amides is 1. The summed E-state index contributed by atoms with van der Waals surface area (Å²) in [5.74, 6) is 0.121. The van der Waals surface area contributed by atoms with Crippen molar-refractivity contribution in [3.8, 4) is 5.75 Å². The Morgan fingerprint density at radius 2 is 2.00 bits per heavy atom. The van der Waals surface area contributed by atoms with Gasteiger partial charge in [-0.3, -0.25) is 10.1 Å². The molecule has 21 heavy (non-hydrogen) atoms. The second-order valence-corrected chi connectivity index (χ2v) is 5.00. The van der Waals surface area contributed by atoms with E-state index in [2.05, 4.69) is 16.0 Å². The molecule has 0 aromatic heterocycles. The van der Waals surface area contributed by atoms with E-state index in [0.29, 0.717) is 12.1 Å². The predicted octanol–water partition coefficient (Wildman–Crippen LogP) is 1.79. The van der Waals surface area contributed by atoms with Gasteiger partial charge in [0, 0.05) is 24.3 Å². The zero-order valence-electron chi connectivity index (χ0n) is 11.5. The van der Waals surface area contributed by atoms with E-state index in [-0.39, 0.29) is 11.7 Å². The summed E-state index contributed by atoms with van der Waals surface area (Å²) in [4.78, 5) is 12.2. The van der Waals surface area contributed by atoms with Crippen molar-refractivity contribution < 1.29 is 9.90 Å². The fourth-order valence-corrected chi connectivity index (χ4v) is 2.31. The highest BCUT2D eigenvalue weighted by atomic mass is 16.3. The van der Waals surface area contributed by atoms with Gasteiger partial charge in [-0.1, -0.05) is 12.1 Å². The minimum absolute atomic E-state index is 0.101. The van der Waals surface area contributed by atoms with Crippen LogP contribution in [0.25, 0.3) is 0 Å². The SMILES string of the molecule is O=C(NCc1ccc(O)cc1)c1ccc2c(c1)CNCN2. The van der Waals surface area contributed by atoms with Crippen LogP contribution in [0.3, 0.4) is 0 Å². The summed E-state index contributed by atoms with van der Waals surface area (Å²) >= 11 is 0. The fourth-order valence-electron chi connectivity index (χ4n) is 2.31. The number of rotatable bonds is 3. The number of carbonyl (C=O) groups excluding carboxylic acids is 1. The first-order valence-corrected chi connectivity index (χ1v) is 6.86. The average Bonchev–Trinajstić information content (AvgIpc) is 2.53. The Balaban J connectivity index is 1.66. The zero-order valence-corrected chi connectivity index (χ0v) is 11.5. The lowest BCUT2D eigenvalue weighted by Crippen LogP contribution is -2.28. The number of fused-ring (bicyclic) bond motifs is 1. The molecule has 1 aliphatic heterocycles. The number of anilines is 1. The van der Waals surface area contributed by atoms with Gasteiger partial charge in [-0.05, 0) is 41.5 Å². The summed E-state index contributed by atoms with van der Waals surface area (Å²) < 4.78 is 0. The van der Waals surface area contributed by atoms with Crippen LogP contribution >= 0.6 is 0 Å². The molecule has 2 aromatic carbocycles. The van der Waals surface area contributed by atoms with Crippen molar-refractivity contribution in [1.29, 1.82) is 0 Å². The first kappa shape index (κ1) is 13.5. The predicted molar refractivity (Wildman–Crippen MR) is 81.0 cm³/mol. The van der Waals surface area contributed by atoms with E-state index in [1.807, 2.05) is 18.2 Å². The summed E-state index contributed by atoms with van der Waals surface area (Å²) in [6.07, 6.45) is 0. The van der Waals surface area contributed by atoms with Gasteiger partial charge in [0.25, 0.3) is 5.91 Å². The highest BCUT2D eigenvalue weighted by Gasteiger charge is 2.11. The average molecular weight is 283 g/mol. The first-order valence-electron chi connectivity index (χ1n) is 6.86. The largest absolute Gasteiger partial charge is 0.508 e. The number of benzene rings is 2. The second kappa shape index (κ2) is 5.85. The number of hydrogen-bond donors (Lipinski definition) is 4. The highest BCUT2D eigenvalue weighted by molar-refractivity contribution is 5.94. The first-order chi connectivity index (χ1) is 10.2. The van der Waals surface area contributed by atoms with Crippen molar-refractivity contribution >= 4 is 11.6 Å². The zero-order chi connectivity index (χ0) is 14.7. The van der Waals surface area contributed by atoms with Crippen LogP contribution in [0, 0.1) is 0 Å². The van der Waals surface area contributed by atoms with Gasteiger partial charge in [0.05, 0.1) is 6.67 Å². The summed E-state index contributed by atoms with van der Waals surface area (Å²) in [5.41, 5.74) is 3.77. The third-order valence-corrected chi connectivity index (χ3v) is 3.48. The Bertz CT molecular complexity index is 653. The quantitative estimate of drug-likeness (QED) is 0.693. The van der Waals surface area contributed by atoms with E-state index in [9.17, 15) is 9.90 Å². The minimum atomic E-state index is -0.101. The molecule has 1 aliphatic rings. The number of phenolic OH excluding ortho intramolecular Hbond substituents is 1. The Kier molecular flexibility index (Phi) is 3.75. The molecule has 5 nitrogen and oxygen atoms in total. The van der Waals surface area contributed by atoms with E-state index < -0.39 is 0 Å². The van der Waals surface area contributed by atoms with Gasteiger partial charge < -0.3 is 15.7 Å². The standard InChI is InChI=1S/C16H17N3O2/c20-14-4-1-11(2-5-14)8-18-16(21)12-3-6-15-13(7-12)9-17-10-19-15/h1-7,17,19-20H,8-10H2,(H,18,21). The molecule has 4 N–H and O–H groups in total. The molecular weight excluding hydrogens is 266 g/mol. The molecule has 0 saturated heterocycles. The highest BCUT2D eigenvalue weighted by Crippen LogP contribution is 2.19. The number of aromatic hydroxyl groups is 1. The Labute approximate surface area is 123 Å². The van der Waals surface area contributed by atoms with Crippen LogP contribution in [-0.4, -0.2) is 17.7 Å². The van der Waals surface area contributed by atoms with Gasteiger partial charge in [-0.25, -0.2) is 0 Å². The van der Waals surface area contributed by atoms with E-state index in [1.165, 1.54) is 0 Å². The Morgan fingerprint density at radius 1 is 1.19 bits per heavy atom. The number of nitrogens with one attached hydrogen (secondary N) is 3. The molecule has 0 bridgehead atoms. The third-order valence-electron chi connectivity index (χ3n) is 3.48. The van der Waals surface area contributed by atoms with Crippen molar-refractivity contribution in [2.24, 2.45) is 0 Å². The van der Waals surface area contributed by atoms with E-state index in [4.69, 9.17) is 0 Å². The van der Waals surface area contributed by atoms with Crippen molar-refractivity contribution in [3.05, 3.63) is 59.2 Å². The Morgan fingerprint density at radius 3 is 2.81 bits per heavy atom. The molecule has 0 aliphatic carbocycles. The molecule has 0 fully saturated rings. The molecule has 0 radical (unpaired) electrons. The summed E-state index contributed by atoms with van der Waals surface area (Å²) in [5, 5.41) is 18.5. The lowest BCUT2D eigenvalue weighted by molar-refractivity contribution is 0.0951. The maximum Gasteiger partial charge on any atom is 0.251 e. The third kappa shape index (κ3) is 3.14.